The lowest BCUT2D eigenvalue weighted by atomic mass is 9.86. The molecule has 0 radical (unpaired) electrons. The molecule has 0 unspecified atom stereocenters. The van der Waals surface area contributed by atoms with Crippen molar-refractivity contribution < 1.29 is 90.0 Å². The Bertz CT molecular complexity index is 4380. The molecule has 0 fully saturated rings. The van der Waals surface area contributed by atoms with Gasteiger partial charge >= 0.3 is 0 Å². The molecule has 2 aromatic heterocycles. The molecule has 7 aromatic carbocycles. The fourth-order valence-corrected chi connectivity index (χ4v) is 22.6. The van der Waals surface area contributed by atoms with Crippen LogP contribution < -0.4 is 18.7 Å². The van der Waals surface area contributed by atoms with E-state index in [1.165, 1.54) is 88.4 Å². The van der Waals surface area contributed by atoms with Crippen molar-refractivity contribution in [1.29, 1.82) is 0 Å². The highest BCUT2D eigenvalue weighted by Crippen LogP contribution is 2.34. The molecular weight excluding hydrogens is 1920 g/mol. The van der Waals surface area contributed by atoms with Gasteiger partial charge in [-0.15, -0.1) is 22.7 Å². The summed E-state index contributed by atoms with van der Waals surface area (Å²) in [6, 6.07) is 74.6. The molecule has 22 heteroatoms. The molecule has 0 N–H and O–H groups in total. The van der Waals surface area contributed by atoms with Crippen LogP contribution in [0.4, 0.5) is 0 Å². The van der Waals surface area contributed by atoms with E-state index in [9.17, 15) is 0 Å². The zero-order valence-electron chi connectivity index (χ0n) is 98.9. The zero-order valence-corrected chi connectivity index (χ0v) is 101. The number of benzene rings is 7. The molecular formula is C127H206O19S2Si. The standard InChI is InChI=1S/C19H32O4.C19H36O3SSi.C17H28O4.2C16H26O4.C13H20.C10H14.C9H12.C8H12S/c1-16(2)17-6-8-18(9-7-17)19(3,4)23-15-14-22-13-12-21-11-10-20-5;1-17(2)18-9-10-19(23-18)24(14-6-11-20-3,15-7-12-21-4)16-8-13-22-5;1-4-18-9-10-19-11-12-20-13-14-21-17-7-5-16(6-8-17)15(2)3;2*1-14(2)15-4-6-16(7-5-15)20-13-12-19-11-10-18-9-8-17-3;1-10(2)11-6-8-12(9-7-11)13(3,4)5;1-8(2)10-6-4-9(3)5-7-10;1-8(2)9-6-4-3-5-7-9;1-6(2)8-5-4-7(3)9-8/h6-9,16H,10-15H2,1-5H3;9-10,17H,6-8,11-16H2,1-5H3;5-8,15H,4,9-14H2,1-3H3;2*4-7,14H,8-13H2,1-3H3;6-10H,1-5H3;4-8H,1-3H3;3-8H,1-2H3;4-6H,1-3H3. The lowest BCUT2D eigenvalue weighted by Crippen LogP contribution is -2.46. The summed E-state index contributed by atoms with van der Waals surface area (Å²) in [7, 11) is 8.87. The molecule has 0 bridgehead atoms. The van der Waals surface area contributed by atoms with Crippen molar-refractivity contribution >= 4 is 35.2 Å². The average Bonchev–Trinajstić information content (AvgIpc) is 1.67. The second-order valence-electron chi connectivity index (χ2n) is 41.1. The Morgan fingerprint density at radius 2 is 0.497 bits per heavy atom. The Morgan fingerprint density at radius 1 is 0.242 bits per heavy atom. The maximum Gasteiger partial charge on any atom is 0.119 e. The van der Waals surface area contributed by atoms with E-state index < -0.39 is 8.07 Å². The number of hydrogen-bond acceptors (Lipinski definition) is 21. The van der Waals surface area contributed by atoms with Crippen molar-refractivity contribution in [3.8, 4) is 17.2 Å². The first-order valence-electron chi connectivity index (χ1n) is 54.8. The summed E-state index contributed by atoms with van der Waals surface area (Å²) < 4.78 is 103. The van der Waals surface area contributed by atoms with Crippen LogP contribution in [0.15, 0.2) is 200 Å². The second-order valence-corrected chi connectivity index (χ2v) is 48.5. The van der Waals surface area contributed by atoms with E-state index in [-0.39, 0.29) is 11.0 Å². The van der Waals surface area contributed by atoms with E-state index in [2.05, 4.69) is 342 Å². The van der Waals surface area contributed by atoms with Gasteiger partial charge in [-0.1, -0.05) is 315 Å². The van der Waals surface area contributed by atoms with Crippen LogP contribution in [0.5, 0.6) is 17.2 Å². The second kappa shape index (κ2) is 88.1. The fraction of sp³-hybridized carbons (Fsp3) is 0.606. The third-order valence-corrected chi connectivity index (χ3v) is 33.4. The normalized spacial score (nSPS) is 11.4. The van der Waals surface area contributed by atoms with Crippen molar-refractivity contribution in [2.75, 3.05) is 228 Å². The highest BCUT2D eigenvalue weighted by atomic mass is 32.1. The van der Waals surface area contributed by atoms with Crippen LogP contribution in [0.2, 0.25) is 18.1 Å². The summed E-state index contributed by atoms with van der Waals surface area (Å²) in [5.41, 5.74) is 13.5. The average molecular weight is 2130 g/mol. The first-order chi connectivity index (χ1) is 71.4. The molecule has 0 aliphatic rings. The van der Waals surface area contributed by atoms with E-state index >= 15 is 0 Å². The molecule has 9 aromatic rings. The molecule has 0 spiro atoms. The molecule has 0 amide bonds. The minimum Gasteiger partial charge on any atom is -0.491 e. The number of aryl methyl sites for hydroxylation is 2. The third-order valence-electron chi connectivity index (χ3n) is 24.2. The van der Waals surface area contributed by atoms with Gasteiger partial charge in [-0.05, 0) is 222 Å². The van der Waals surface area contributed by atoms with E-state index in [4.69, 9.17) is 90.0 Å². The minimum absolute atomic E-state index is 0.273. The number of rotatable bonds is 64. The Kier molecular flexibility index (Phi) is 82.8. The predicted molar refractivity (Wildman–Crippen MR) is 632 cm³/mol. The van der Waals surface area contributed by atoms with Gasteiger partial charge in [-0.2, -0.15) is 0 Å². The van der Waals surface area contributed by atoms with E-state index in [0.717, 1.165) is 62.9 Å². The van der Waals surface area contributed by atoms with Crippen LogP contribution in [0, 0.1) is 13.8 Å². The summed E-state index contributed by atoms with van der Waals surface area (Å²) in [5.74, 6) is 8.10. The van der Waals surface area contributed by atoms with Gasteiger partial charge in [0, 0.05) is 83.7 Å². The van der Waals surface area contributed by atoms with E-state index in [1.54, 1.807) is 47.2 Å². The molecule has 844 valence electrons. The first kappa shape index (κ1) is 140. The summed E-state index contributed by atoms with van der Waals surface area (Å²) in [4.78, 5) is 4.43. The Balaban J connectivity index is 0.000000853. The van der Waals surface area contributed by atoms with E-state index in [0.29, 0.717) is 212 Å². The summed E-state index contributed by atoms with van der Waals surface area (Å²) in [6.07, 6.45) is 3.49. The number of hydrogen-bond donors (Lipinski definition) is 0. The van der Waals surface area contributed by atoms with Crippen LogP contribution in [-0.2, 0) is 86.8 Å². The SMILES string of the molecule is CC(C)c1ccc(C(C)(C)C)cc1.CC(C)c1ccccc1.CCOCCOCCOCCOc1ccc(C(C)C)cc1.COCCC[Si](CCCOC)(CCCOC)c1ccc(C(C)C)s1.COCCOCCOCCOC(C)(C)c1ccc(C(C)C)cc1.COCCOCCOCCOc1ccc(C(C)C)cc1.COCCOCCOCCOc1ccc(C(C)C)cc1.Cc1ccc(C(C)C)cc1.Cc1ccc(C(C)C)s1. The molecule has 2 heterocycles. The van der Waals surface area contributed by atoms with Gasteiger partial charge in [0.1, 0.15) is 37.1 Å². The Morgan fingerprint density at radius 3 is 0.752 bits per heavy atom. The molecule has 0 saturated heterocycles. The van der Waals surface area contributed by atoms with Gasteiger partial charge in [0.05, 0.1) is 152 Å². The van der Waals surface area contributed by atoms with Crippen LogP contribution in [-0.4, -0.2) is 236 Å². The summed E-state index contributed by atoms with van der Waals surface area (Å²) >= 11 is 3.96. The minimum atomic E-state index is -1.53. The molecule has 0 aliphatic heterocycles. The smallest absolute Gasteiger partial charge is 0.119 e. The molecule has 0 saturated carbocycles. The predicted octanol–water partition coefficient (Wildman–Crippen LogP) is 30.6. The maximum absolute atomic E-state index is 5.98. The highest BCUT2D eigenvalue weighted by Gasteiger charge is 2.36. The molecule has 9 rings (SSSR count). The van der Waals surface area contributed by atoms with Crippen LogP contribution in [0.25, 0.3) is 0 Å². The van der Waals surface area contributed by atoms with Crippen molar-refractivity contribution in [2.24, 2.45) is 0 Å². The zero-order chi connectivity index (χ0) is 111. The van der Waals surface area contributed by atoms with Gasteiger partial charge in [-0.3, -0.25) is 0 Å². The van der Waals surface area contributed by atoms with Crippen LogP contribution in [0.1, 0.15) is 309 Å². The Labute approximate surface area is 916 Å². The topological polar surface area (TPSA) is 175 Å². The van der Waals surface area contributed by atoms with Crippen molar-refractivity contribution in [3.63, 3.8) is 0 Å². The molecule has 0 aliphatic carbocycles. The third kappa shape index (κ3) is 70.1. The number of methoxy groups -OCH3 is 6. The lowest BCUT2D eigenvalue weighted by Gasteiger charge is -2.31. The highest BCUT2D eigenvalue weighted by molar-refractivity contribution is 7.27. The lowest BCUT2D eigenvalue weighted by molar-refractivity contribution is -0.0567. The van der Waals surface area contributed by atoms with Crippen LogP contribution in [0.3, 0.4) is 0 Å². The largest absolute Gasteiger partial charge is 0.491 e. The van der Waals surface area contributed by atoms with E-state index in [1.807, 2.05) is 60.7 Å². The van der Waals surface area contributed by atoms with Crippen molar-refractivity contribution in [3.05, 3.63) is 270 Å². The number of thiophene rings is 2. The fourth-order valence-electron chi connectivity index (χ4n) is 14.5. The monoisotopic (exact) mass is 2130 g/mol. The summed E-state index contributed by atoms with van der Waals surface area (Å²) in [6.45, 7) is 74.4. The quantitative estimate of drug-likeness (QED) is 0.0260. The van der Waals surface area contributed by atoms with Gasteiger partial charge in [-0.25, -0.2) is 0 Å². The number of ether oxygens (including phenoxy) is 19. The van der Waals surface area contributed by atoms with Gasteiger partial charge in [0.15, 0.2) is 0 Å². The van der Waals surface area contributed by atoms with Crippen molar-refractivity contribution in [2.45, 2.75) is 282 Å². The first-order valence-corrected chi connectivity index (χ1v) is 59.1. The van der Waals surface area contributed by atoms with Crippen molar-refractivity contribution in [1.82, 2.24) is 0 Å². The molecule has 19 nitrogen and oxygen atoms in total. The molecule has 149 heavy (non-hydrogen) atoms. The molecule has 0 atom stereocenters. The van der Waals surface area contributed by atoms with Crippen LogP contribution >= 0.6 is 22.7 Å². The van der Waals surface area contributed by atoms with Gasteiger partial charge in [0.2, 0.25) is 0 Å². The van der Waals surface area contributed by atoms with Gasteiger partial charge < -0.3 is 90.0 Å². The maximum atomic E-state index is 5.98. The Hall–Kier alpha value is -7.08. The van der Waals surface area contributed by atoms with Gasteiger partial charge in [0.25, 0.3) is 0 Å². The summed E-state index contributed by atoms with van der Waals surface area (Å²) in [5, 5.41) is 0.